The lowest BCUT2D eigenvalue weighted by molar-refractivity contribution is -0.138. The molecule has 1 fully saturated rings. The van der Waals surface area contributed by atoms with Crippen LogP contribution in [0.15, 0.2) is 11.6 Å². The second-order valence-electron chi connectivity index (χ2n) is 8.92. The number of allylic oxidation sites excluding steroid dienone is 2. The van der Waals surface area contributed by atoms with E-state index in [0.717, 1.165) is 18.8 Å². The lowest BCUT2D eigenvalue weighted by Crippen LogP contribution is -2.48. The standard InChI is InChI=1S/C20H34O2/c1-14(13-18(21)22)7-9-16-15(2)8-10-17-19(3,4)11-6-12-20(16,17)5/h8,14,16-17H,6-7,9-13H2,1-5H3,(H,21,22)/t14-,16+,17+,20-/m0/s1. The minimum Gasteiger partial charge on any atom is -0.481 e. The van der Waals surface area contributed by atoms with Crippen LogP contribution in [0.1, 0.15) is 79.6 Å². The van der Waals surface area contributed by atoms with Gasteiger partial charge in [-0.3, -0.25) is 4.79 Å². The van der Waals surface area contributed by atoms with E-state index in [9.17, 15) is 4.79 Å². The molecular weight excluding hydrogens is 272 g/mol. The summed E-state index contributed by atoms with van der Waals surface area (Å²) in [5.74, 6) is 1.04. The van der Waals surface area contributed by atoms with Gasteiger partial charge in [-0.2, -0.15) is 0 Å². The second kappa shape index (κ2) is 6.37. The van der Waals surface area contributed by atoms with Gasteiger partial charge in [0.1, 0.15) is 0 Å². The summed E-state index contributed by atoms with van der Waals surface area (Å²) < 4.78 is 0. The smallest absolute Gasteiger partial charge is 0.303 e. The van der Waals surface area contributed by atoms with Crippen LogP contribution in [-0.4, -0.2) is 11.1 Å². The SMILES string of the molecule is CC1=CC[C@@H]2C(C)(C)CCC[C@@]2(C)[C@@H]1CC[C@H](C)CC(=O)O. The summed E-state index contributed by atoms with van der Waals surface area (Å²) >= 11 is 0. The van der Waals surface area contributed by atoms with Gasteiger partial charge < -0.3 is 5.11 Å². The average Bonchev–Trinajstić information content (AvgIpc) is 2.35. The lowest BCUT2D eigenvalue weighted by atomic mass is 9.48. The van der Waals surface area contributed by atoms with E-state index < -0.39 is 5.97 Å². The molecule has 126 valence electrons. The van der Waals surface area contributed by atoms with Crippen molar-refractivity contribution < 1.29 is 9.90 Å². The molecule has 0 aromatic rings. The van der Waals surface area contributed by atoms with E-state index in [1.165, 1.54) is 25.7 Å². The van der Waals surface area contributed by atoms with E-state index in [4.69, 9.17) is 5.11 Å². The monoisotopic (exact) mass is 306 g/mol. The molecule has 22 heavy (non-hydrogen) atoms. The predicted molar refractivity (Wildman–Crippen MR) is 91.7 cm³/mol. The van der Waals surface area contributed by atoms with Crippen LogP contribution >= 0.6 is 0 Å². The highest BCUT2D eigenvalue weighted by Gasteiger charge is 2.51. The van der Waals surface area contributed by atoms with Gasteiger partial charge >= 0.3 is 5.97 Å². The van der Waals surface area contributed by atoms with Gasteiger partial charge in [-0.15, -0.1) is 0 Å². The maximum absolute atomic E-state index is 10.9. The number of hydrogen-bond donors (Lipinski definition) is 1. The van der Waals surface area contributed by atoms with Gasteiger partial charge in [0, 0.05) is 6.42 Å². The number of carbonyl (C=O) groups is 1. The van der Waals surface area contributed by atoms with Crippen molar-refractivity contribution in [3.8, 4) is 0 Å². The molecule has 2 nitrogen and oxygen atoms in total. The van der Waals surface area contributed by atoms with Gasteiger partial charge in [0.15, 0.2) is 0 Å². The molecule has 2 heteroatoms. The van der Waals surface area contributed by atoms with Crippen LogP contribution in [0.2, 0.25) is 0 Å². The maximum Gasteiger partial charge on any atom is 0.303 e. The number of carboxylic acids is 1. The van der Waals surface area contributed by atoms with Crippen LogP contribution in [0, 0.1) is 28.6 Å². The molecule has 1 N–H and O–H groups in total. The van der Waals surface area contributed by atoms with E-state index in [2.05, 4.69) is 40.7 Å². The van der Waals surface area contributed by atoms with Crippen LogP contribution in [0.5, 0.6) is 0 Å². The fourth-order valence-electron chi connectivity index (χ4n) is 5.55. The molecule has 1 saturated carbocycles. The Bertz CT molecular complexity index is 449. The highest BCUT2D eigenvalue weighted by Crippen LogP contribution is 2.60. The Labute approximate surface area is 136 Å². The third-order valence-electron chi connectivity index (χ3n) is 6.77. The first kappa shape index (κ1) is 17.6. The van der Waals surface area contributed by atoms with Crippen molar-refractivity contribution >= 4 is 5.97 Å². The van der Waals surface area contributed by atoms with E-state index in [0.29, 0.717) is 23.2 Å². The Hall–Kier alpha value is -0.790. The molecule has 0 radical (unpaired) electrons. The number of rotatable bonds is 5. The largest absolute Gasteiger partial charge is 0.481 e. The van der Waals surface area contributed by atoms with Gasteiger partial charge in [0.05, 0.1) is 0 Å². The van der Waals surface area contributed by atoms with Crippen molar-refractivity contribution in [1.29, 1.82) is 0 Å². The zero-order valence-corrected chi connectivity index (χ0v) is 15.1. The first-order valence-electron chi connectivity index (χ1n) is 9.05. The average molecular weight is 306 g/mol. The first-order chi connectivity index (χ1) is 10.2. The molecule has 4 atom stereocenters. The van der Waals surface area contributed by atoms with Crippen molar-refractivity contribution in [2.45, 2.75) is 79.6 Å². The van der Waals surface area contributed by atoms with E-state index >= 15 is 0 Å². The molecule has 2 aliphatic rings. The molecule has 0 unspecified atom stereocenters. The van der Waals surface area contributed by atoms with Crippen LogP contribution in [0.25, 0.3) is 0 Å². The van der Waals surface area contributed by atoms with E-state index in [-0.39, 0.29) is 5.92 Å². The zero-order chi connectivity index (χ0) is 16.5. The lowest BCUT2D eigenvalue weighted by Gasteiger charge is -2.57. The molecule has 0 saturated heterocycles. The van der Waals surface area contributed by atoms with Gasteiger partial charge in [-0.1, -0.05) is 45.8 Å². The fraction of sp³-hybridized carbons (Fsp3) is 0.850. The summed E-state index contributed by atoms with van der Waals surface area (Å²) in [6, 6.07) is 0. The number of aliphatic carboxylic acids is 1. The maximum atomic E-state index is 10.9. The number of carboxylic acid groups (broad SMARTS) is 1. The highest BCUT2D eigenvalue weighted by molar-refractivity contribution is 5.66. The van der Waals surface area contributed by atoms with Crippen LogP contribution < -0.4 is 0 Å². The third kappa shape index (κ3) is 3.41. The second-order valence-corrected chi connectivity index (χ2v) is 8.92. The van der Waals surface area contributed by atoms with E-state index in [1.807, 2.05) is 0 Å². The van der Waals surface area contributed by atoms with Crippen molar-refractivity contribution in [1.82, 2.24) is 0 Å². The number of hydrogen-bond acceptors (Lipinski definition) is 1. The Kier molecular flexibility index (Phi) is 5.09. The highest BCUT2D eigenvalue weighted by atomic mass is 16.4. The summed E-state index contributed by atoms with van der Waals surface area (Å²) in [5, 5.41) is 8.97. The summed E-state index contributed by atoms with van der Waals surface area (Å²) in [6.45, 7) is 11.8. The molecule has 0 aromatic carbocycles. The fourth-order valence-corrected chi connectivity index (χ4v) is 5.55. The quantitative estimate of drug-likeness (QED) is 0.664. The van der Waals surface area contributed by atoms with Crippen LogP contribution in [0.3, 0.4) is 0 Å². The summed E-state index contributed by atoms with van der Waals surface area (Å²) in [7, 11) is 0. The minimum absolute atomic E-state index is 0.283. The Morgan fingerprint density at radius 1 is 1.36 bits per heavy atom. The summed E-state index contributed by atoms with van der Waals surface area (Å²) in [5.41, 5.74) is 2.40. The predicted octanol–water partition coefficient (Wildman–Crippen LogP) is 5.68. The zero-order valence-electron chi connectivity index (χ0n) is 15.1. The molecule has 2 rings (SSSR count). The first-order valence-corrected chi connectivity index (χ1v) is 9.05. The minimum atomic E-state index is -0.661. The van der Waals surface area contributed by atoms with Crippen LogP contribution in [-0.2, 0) is 4.79 Å². The summed E-state index contributed by atoms with van der Waals surface area (Å²) in [4.78, 5) is 10.9. The molecule has 0 aromatic heterocycles. The van der Waals surface area contributed by atoms with Gasteiger partial charge in [0.2, 0.25) is 0 Å². The van der Waals surface area contributed by atoms with Crippen molar-refractivity contribution in [3.63, 3.8) is 0 Å². The van der Waals surface area contributed by atoms with Gasteiger partial charge in [-0.25, -0.2) is 0 Å². The normalized spacial score (nSPS) is 35.4. The van der Waals surface area contributed by atoms with E-state index in [1.54, 1.807) is 5.57 Å². The van der Waals surface area contributed by atoms with Crippen molar-refractivity contribution in [3.05, 3.63) is 11.6 Å². The molecule has 0 spiro atoms. The molecule has 0 aliphatic heterocycles. The third-order valence-corrected chi connectivity index (χ3v) is 6.77. The topological polar surface area (TPSA) is 37.3 Å². The molecular formula is C20H34O2. The van der Waals surface area contributed by atoms with Gasteiger partial charge in [0.25, 0.3) is 0 Å². The van der Waals surface area contributed by atoms with Crippen LogP contribution in [0.4, 0.5) is 0 Å². The molecule has 2 aliphatic carbocycles. The summed E-state index contributed by atoms with van der Waals surface area (Å²) in [6.07, 6.45) is 10.2. The molecule has 0 heterocycles. The van der Waals surface area contributed by atoms with Crippen molar-refractivity contribution in [2.24, 2.45) is 28.6 Å². The molecule has 0 amide bonds. The van der Waals surface area contributed by atoms with Gasteiger partial charge in [-0.05, 0) is 67.6 Å². The Morgan fingerprint density at radius 2 is 2.05 bits per heavy atom. The van der Waals surface area contributed by atoms with Crippen molar-refractivity contribution in [2.75, 3.05) is 0 Å². The Balaban J connectivity index is 2.13. The Morgan fingerprint density at radius 3 is 2.68 bits per heavy atom. The number of fused-ring (bicyclic) bond motifs is 1. The molecule has 0 bridgehead atoms.